The predicted molar refractivity (Wildman–Crippen MR) is 79.3 cm³/mol. The number of nitrogens with one attached hydrogen (secondary N) is 1. The first-order valence-electron chi connectivity index (χ1n) is 6.75. The number of halogens is 2. The minimum atomic E-state index is -0.157. The van der Waals surface area contributed by atoms with E-state index in [9.17, 15) is 4.39 Å². The average Bonchev–Trinajstić information content (AvgIpc) is 2.35. The third-order valence-electron chi connectivity index (χ3n) is 3.33. The number of rotatable bonds is 7. The van der Waals surface area contributed by atoms with Crippen molar-refractivity contribution in [1.29, 1.82) is 0 Å². The van der Waals surface area contributed by atoms with Gasteiger partial charge in [0.25, 0.3) is 0 Å². The van der Waals surface area contributed by atoms with E-state index in [-0.39, 0.29) is 5.82 Å². The van der Waals surface area contributed by atoms with Gasteiger partial charge < -0.3 is 5.32 Å². The Morgan fingerprint density at radius 3 is 2.67 bits per heavy atom. The smallest absolute Gasteiger partial charge is 0.123 e. The fourth-order valence-corrected chi connectivity index (χ4v) is 2.67. The quantitative estimate of drug-likeness (QED) is 0.778. The predicted octanol–water partition coefficient (Wildman–Crippen LogP) is 4.55. The molecule has 0 amide bonds. The maximum Gasteiger partial charge on any atom is 0.123 e. The lowest BCUT2D eigenvalue weighted by atomic mass is 9.92. The van der Waals surface area contributed by atoms with Gasteiger partial charge in [0.05, 0.1) is 0 Å². The zero-order valence-electron chi connectivity index (χ0n) is 11.5. The highest BCUT2D eigenvalue weighted by atomic mass is 79.9. The van der Waals surface area contributed by atoms with E-state index in [4.69, 9.17) is 0 Å². The summed E-state index contributed by atoms with van der Waals surface area (Å²) < 4.78 is 14.2. The number of hydrogen-bond acceptors (Lipinski definition) is 1. The molecule has 0 aromatic heterocycles. The first kappa shape index (κ1) is 15.6. The van der Waals surface area contributed by atoms with Crippen LogP contribution in [-0.2, 0) is 6.42 Å². The van der Waals surface area contributed by atoms with E-state index in [2.05, 4.69) is 42.0 Å². The lowest BCUT2D eigenvalue weighted by molar-refractivity contribution is 0.364. The molecule has 2 atom stereocenters. The standard InChI is InChI=1S/C15H23BrFN/c1-4-8-18-15(5-2)11(3)9-12-10-13(17)6-7-14(12)16/h6-7,10-11,15,18H,4-5,8-9H2,1-3H3. The monoisotopic (exact) mass is 315 g/mol. The van der Waals surface area contributed by atoms with Crippen LogP contribution in [0.15, 0.2) is 22.7 Å². The van der Waals surface area contributed by atoms with Crippen molar-refractivity contribution in [2.75, 3.05) is 6.54 Å². The Hall–Kier alpha value is -0.410. The van der Waals surface area contributed by atoms with Crippen LogP contribution in [0.3, 0.4) is 0 Å². The maximum atomic E-state index is 13.2. The summed E-state index contributed by atoms with van der Waals surface area (Å²) in [7, 11) is 0. The third kappa shape index (κ3) is 4.69. The summed E-state index contributed by atoms with van der Waals surface area (Å²) >= 11 is 3.50. The summed E-state index contributed by atoms with van der Waals surface area (Å²) in [6.45, 7) is 7.65. The Morgan fingerprint density at radius 2 is 2.06 bits per heavy atom. The number of hydrogen-bond donors (Lipinski definition) is 1. The summed E-state index contributed by atoms with van der Waals surface area (Å²) in [4.78, 5) is 0. The van der Waals surface area contributed by atoms with Gasteiger partial charge >= 0.3 is 0 Å². The Morgan fingerprint density at radius 1 is 1.33 bits per heavy atom. The highest BCUT2D eigenvalue weighted by Gasteiger charge is 2.16. The molecule has 1 aromatic rings. The maximum absolute atomic E-state index is 13.2. The van der Waals surface area contributed by atoms with Gasteiger partial charge in [-0.1, -0.05) is 36.7 Å². The molecule has 0 saturated carbocycles. The normalized spacial score (nSPS) is 14.5. The first-order chi connectivity index (χ1) is 8.58. The van der Waals surface area contributed by atoms with Crippen molar-refractivity contribution < 1.29 is 4.39 Å². The Bertz CT molecular complexity index is 368. The van der Waals surface area contributed by atoms with Crippen molar-refractivity contribution in [1.82, 2.24) is 5.32 Å². The van der Waals surface area contributed by atoms with Crippen LogP contribution in [0.25, 0.3) is 0 Å². The van der Waals surface area contributed by atoms with E-state index in [0.717, 1.165) is 35.8 Å². The van der Waals surface area contributed by atoms with E-state index in [1.54, 1.807) is 12.1 Å². The fourth-order valence-electron chi connectivity index (χ4n) is 2.27. The van der Waals surface area contributed by atoms with Gasteiger partial charge in [0.1, 0.15) is 5.82 Å². The van der Waals surface area contributed by atoms with Crippen molar-refractivity contribution >= 4 is 15.9 Å². The van der Waals surface area contributed by atoms with Crippen molar-refractivity contribution in [3.63, 3.8) is 0 Å². The molecular formula is C15H23BrFN. The molecule has 0 aliphatic heterocycles. The molecule has 1 nitrogen and oxygen atoms in total. The van der Waals surface area contributed by atoms with Crippen molar-refractivity contribution in [3.8, 4) is 0 Å². The van der Waals surface area contributed by atoms with E-state index in [1.807, 2.05) is 0 Å². The van der Waals surface area contributed by atoms with Gasteiger partial charge in [-0.3, -0.25) is 0 Å². The van der Waals surface area contributed by atoms with E-state index >= 15 is 0 Å². The van der Waals surface area contributed by atoms with Crippen LogP contribution in [0.1, 0.15) is 39.2 Å². The molecular weight excluding hydrogens is 293 g/mol. The molecule has 0 aliphatic carbocycles. The fraction of sp³-hybridized carbons (Fsp3) is 0.600. The average molecular weight is 316 g/mol. The molecule has 0 bridgehead atoms. The second-order valence-corrected chi connectivity index (χ2v) is 5.74. The van der Waals surface area contributed by atoms with Gasteiger partial charge in [-0.2, -0.15) is 0 Å². The van der Waals surface area contributed by atoms with Gasteiger partial charge in [-0.25, -0.2) is 4.39 Å². The molecule has 0 heterocycles. The second kappa shape index (κ2) is 7.90. The lowest BCUT2D eigenvalue weighted by Crippen LogP contribution is -2.35. The van der Waals surface area contributed by atoms with Crippen LogP contribution in [0, 0.1) is 11.7 Å². The second-order valence-electron chi connectivity index (χ2n) is 4.89. The van der Waals surface area contributed by atoms with E-state index < -0.39 is 0 Å². The number of benzene rings is 1. The highest BCUT2D eigenvalue weighted by molar-refractivity contribution is 9.10. The molecule has 2 unspecified atom stereocenters. The summed E-state index contributed by atoms with van der Waals surface area (Å²) in [5.41, 5.74) is 1.05. The van der Waals surface area contributed by atoms with Crippen LogP contribution in [0.5, 0.6) is 0 Å². The first-order valence-corrected chi connectivity index (χ1v) is 7.55. The summed E-state index contributed by atoms with van der Waals surface area (Å²) in [6.07, 6.45) is 3.15. The van der Waals surface area contributed by atoms with Crippen LogP contribution in [0.4, 0.5) is 4.39 Å². The van der Waals surface area contributed by atoms with Crippen LogP contribution in [-0.4, -0.2) is 12.6 Å². The van der Waals surface area contributed by atoms with Gasteiger partial charge in [0.2, 0.25) is 0 Å². The van der Waals surface area contributed by atoms with Gasteiger partial charge in [-0.05, 0) is 55.5 Å². The van der Waals surface area contributed by atoms with Crippen LogP contribution in [0.2, 0.25) is 0 Å². The van der Waals surface area contributed by atoms with E-state index in [1.165, 1.54) is 6.07 Å². The lowest BCUT2D eigenvalue weighted by Gasteiger charge is -2.24. The molecule has 1 rings (SSSR count). The van der Waals surface area contributed by atoms with Gasteiger partial charge in [0.15, 0.2) is 0 Å². The zero-order valence-corrected chi connectivity index (χ0v) is 13.1. The largest absolute Gasteiger partial charge is 0.314 e. The summed E-state index contributed by atoms with van der Waals surface area (Å²) in [5.74, 6) is 0.342. The molecule has 0 spiro atoms. The van der Waals surface area contributed by atoms with Crippen molar-refractivity contribution in [3.05, 3.63) is 34.1 Å². The van der Waals surface area contributed by atoms with E-state index in [0.29, 0.717) is 12.0 Å². The molecule has 102 valence electrons. The van der Waals surface area contributed by atoms with Crippen molar-refractivity contribution in [2.45, 2.75) is 46.1 Å². The van der Waals surface area contributed by atoms with Crippen LogP contribution < -0.4 is 5.32 Å². The molecule has 1 N–H and O–H groups in total. The van der Waals surface area contributed by atoms with Gasteiger partial charge in [0, 0.05) is 10.5 Å². The summed E-state index contributed by atoms with van der Waals surface area (Å²) in [5, 5.41) is 3.56. The molecule has 0 fully saturated rings. The minimum absolute atomic E-state index is 0.157. The molecule has 0 aliphatic rings. The Kier molecular flexibility index (Phi) is 6.87. The minimum Gasteiger partial charge on any atom is -0.314 e. The zero-order chi connectivity index (χ0) is 13.5. The highest BCUT2D eigenvalue weighted by Crippen LogP contribution is 2.23. The molecule has 1 aromatic carbocycles. The molecule has 3 heteroatoms. The van der Waals surface area contributed by atoms with Gasteiger partial charge in [-0.15, -0.1) is 0 Å². The Labute approximate surface area is 118 Å². The SMILES string of the molecule is CCCNC(CC)C(C)Cc1cc(F)ccc1Br. The van der Waals surface area contributed by atoms with Crippen LogP contribution >= 0.6 is 15.9 Å². The molecule has 0 saturated heterocycles. The molecule has 18 heavy (non-hydrogen) atoms. The molecule has 0 radical (unpaired) electrons. The topological polar surface area (TPSA) is 12.0 Å². The Balaban J connectivity index is 2.66. The summed E-state index contributed by atoms with van der Waals surface area (Å²) in [6, 6.07) is 5.41. The third-order valence-corrected chi connectivity index (χ3v) is 4.11. The van der Waals surface area contributed by atoms with Crippen molar-refractivity contribution in [2.24, 2.45) is 5.92 Å².